The molecule has 0 atom stereocenters. The fourth-order valence-electron chi connectivity index (χ4n) is 1.47. The predicted octanol–water partition coefficient (Wildman–Crippen LogP) is 0.655. The Kier molecular flexibility index (Phi) is 10.3. The maximum atomic E-state index is 11.4. The SMILES string of the molecule is CNCCNC(=O)CCC(=O)NCCCC(C)C. The third-order valence-electron chi connectivity index (χ3n) is 2.56. The summed E-state index contributed by atoms with van der Waals surface area (Å²) in [5, 5.41) is 8.51. The van der Waals surface area contributed by atoms with Crippen LogP contribution in [0.5, 0.6) is 0 Å². The van der Waals surface area contributed by atoms with Gasteiger partial charge in [-0.3, -0.25) is 9.59 Å². The minimum atomic E-state index is -0.0671. The Balaban J connectivity index is 3.43. The normalized spacial score (nSPS) is 10.4. The van der Waals surface area contributed by atoms with E-state index in [1.165, 1.54) is 0 Å². The van der Waals surface area contributed by atoms with Crippen LogP contribution in [0, 0.1) is 5.92 Å². The number of rotatable bonds is 10. The minimum Gasteiger partial charge on any atom is -0.356 e. The summed E-state index contributed by atoms with van der Waals surface area (Å²) in [6, 6.07) is 0. The fourth-order valence-corrected chi connectivity index (χ4v) is 1.47. The second kappa shape index (κ2) is 11.0. The first-order valence-electron chi connectivity index (χ1n) is 6.74. The van der Waals surface area contributed by atoms with E-state index in [9.17, 15) is 9.59 Å². The highest BCUT2D eigenvalue weighted by atomic mass is 16.2. The van der Waals surface area contributed by atoms with Crippen LogP contribution in [0.3, 0.4) is 0 Å². The van der Waals surface area contributed by atoms with Crippen molar-refractivity contribution in [2.45, 2.75) is 39.5 Å². The Hall–Kier alpha value is -1.10. The van der Waals surface area contributed by atoms with Crippen molar-refractivity contribution >= 4 is 11.8 Å². The average molecular weight is 257 g/mol. The molecule has 0 unspecified atom stereocenters. The second-order valence-electron chi connectivity index (χ2n) is 4.84. The van der Waals surface area contributed by atoms with Crippen molar-refractivity contribution in [2.75, 3.05) is 26.7 Å². The third-order valence-corrected chi connectivity index (χ3v) is 2.56. The number of nitrogens with one attached hydrogen (secondary N) is 3. The maximum Gasteiger partial charge on any atom is 0.220 e. The molecule has 0 rings (SSSR count). The van der Waals surface area contributed by atoms with Crippen LogP contribution in [0.25, 0.3) is 0 Å². The molecule has 0 fully saturated rings. The van der Waals surface area contributed by atoms with Crippen LogP contribution in [-0.4, -0.2) is 38.5 Å². The van der Waals surface area contributed by atoms with Gasteiger partial charge < -0.3 is 16.0 Å². The third kappa shape index (κ3) is 11.4. The zero-order valence-electron chi connectivity index (χ0n) is 11.8. The van der Waals surface area contributed by atoms with Gasteiger partial charge in [-0.2, -0.15) is 0 Å². The van der Waals surface area contributed by atoms with E-state index in [0.29, 0.717) is 19.0 Å². The van der Waals surface area contributed by atoms with Crippen LogP contribution < -0.4 is 16.0 Å². The van der Waals surface area contributed by atoms with Crippen LogP contribution in [0.1, 0.15) is 39.5 Å². The molecule has 0 aliphatic carbocycles. The van der Waals surface area contributed by atoms with E-state index in [2.05, 4.69) is 29.8 Å². The summed E-state index contributed by atoms with van der Waals surface area (Å²) in [4.78, 5) is 22.7. The van der Waals surface area contributed by atoms with Crippen LogP contribution >= 0.6 is 0 Å². The molecule has 0 bridgehead atoms. The molecule has 2 amide bonds. The smallest absolute Gasteiger partial charge is 0.220 e. The summed E-state index contributed by atoms with van der Waals surface area (Å²) in [5.41, 5.74) is 0. The van der Waals surface area contributed by atoms with Crippen molar-refractivity contribution in [3.8, 4) is 0 Å². The molecule has 0 heterocycles. The molecule has 0 aliphatic heterocycles. The summed E-state index contributed by atoms with van der Waals surface area (Å²) in [6.45, 7) is 6.38. The van der Waals surface area contributed by atoms with Crippen molar-refractivity contribution < 1.29 is 9.59 Å². The molecule has 0 saturated heterocycles. The first kappa shape index (κ1) is 16.9. The van der Waals surface area contributed by atoms with Gasteiger partial charge in [-0.1, -0.05) is 13.8 Å². The Morgan fingerprint density at radius 2 is 1.50 bits per heavy atom. The molecule has 106 valence electrons. The van der Waals surface area contributed by atoms with Crippen molar-refractivity contribution in [2.24, 2.45) is 5.92 Å². The largest absolute Gasteiger partial charge is 0.356 e. The topological polar surface area (TPSA) is 70.2 Å². The molecule has 5 heteroatoms. The highest BCUT2D eigenvalue weighted by Gasteiger charge is 2.05. The van der Waals surface area contributed by atoms with E-state index in [4.69, 9.17) is 0 Å². The summed E-state index contributed by atoms with van der Waals surface area (Å²) >= 11 is 0. The van der Waals surface area contributed by atoms with Gasteiger partial charge in [0.1, 0.15) is 0 Å². The lowest BCUT2D eigenvalue weighted by atomic mass is 10.1. The number of hydrogen-bond donors (Lipinski definition) is 3. The van der Waals surface area contributed by atoms with Gasteiger partial charge in [-0.05, 0) is 25.8 Å². The van der Waals surface area contributed by atoms with Gasteiger partial charge in [0, 0.05) is 32.5 Å². The lowest BCUT2D eigenvalue weighted by molar-refractivity contribution is -0.126. The maximum absolute atomic E-state index is 11.4. The molecule has 0 aromatic heterocycles. The monoisotopic (exact) mass is 257 g/mol. The number of carbonyl (C=O) groups excluding carboxylic acids is 2. The molecule has 0 spiro atoms. The molecule has 0 aromatic carbocycles. The number of likely N-dealkylation sites (N-methyl/N-ethyl adjacent to an activating group) is 1. The van der Waals surface area contributed by atoms with Gasteiger partial charge >= 0.3 is 0 Å². The van der Waals surface area contributed by atoms with Crippen molar-refractivity contribution in [1.29, 1.82) is 0 Å². The van der Waals surface area contributed by atoms with E-state index >= 15 is 0 Å². The summed E-state index contributed by atoms with van der Waals surface area (Å²) in [5.74, 6) is 0.560. The molecule has 0 radical (unpaired) electrons. The van der Waals surface area contributed by atoms with Crippen LogP contribution in [0.15, 0.2) is 0 Å². The van der Waals surface area contributed by atoms with Gasteiger partial charge in [-0.25, -0.2) is 0 Å². The van der Waals surface area contributed by atoms with Crippen molar-refractivity contribution in [3.63, 3.8) is 0 Å². The van der Waals surface area contributed by atoms with Gasteiger partial charge in [-0.15, -0.1) is 0 Å². The molecule has 3 N–H and O–H groups in total. The standard InChI is InChI=1S/C13H27N3O2/c1-11(2)5-4-8-15-12(17)6-7-13(18)16-10-9-14-3/h11,14H,4-10H2,1-3H3,(H,15,17)(H,16,18). The molecule has 0 saturated carbocycles. The molecule has 0 aliphatic rings. The van der Waals surface area contributed by atoms with Crippen LogP contribution in [0.4, 0.5) is 0 Å². The number of carbonyl (C=O) groups is 2. The Bertz CT molecular complexity index is 242. The average Bonchev–Trinajstić information content (AvgIpc) is 2.32. The summed E-state index contributed by atoms with van der Waals surface area (Å²) < 4.78 is 0. The van der Waals surface area contributed by atoms with E-state index in [1.54, 1.807) is 0 Å². The highest BCUT2D eigenvalue weighted by Crippen LogP contribution is 2.01. The zero-order valence-corrected chi connectivity index (χ0v) is 11.8. The summed E-state index contributed by atoms with van der Waals surface area (Å²) in [7, 11) is 1.83. The first-order chi connectivity index (χ1) is 8.56. The van der Waals surface area contributed by atoms with E-state index < -0.39 is 0 Å². The Morgan fingerprint density at radius 1 is 0.944 bits per heavy atom. The van der Waals surface area contributed by atoms with E-state index in [0.717, 1.165) is 19.4 Å². The molecular formula is C13H27N3O2. The van der Waals surface area contributed by atoms with E-state index in [1.807, 2.05) is 7.05 Å². The molecule has 18 heavy (non-hydrogen) atoms. The fraction of sp³-hybridized carbons (Fsp3) is 0.846. The Morgan fingerprint density at radius 3 is 2.00 bits per heavy atom. The molecule has 0 aromatic rings. The van der Waals surface area contributed by atoms with Crippen LogP contribution in [-0.2, 0) is 9.59 Å². The lowest BCUT2D eigenvalue weighted by Gasteiger charge is -2.07. The number of amides is 2. The van der Waals surface area contributed by atoms with Gasteiger partial charge in [0.05, 0.1) is 0 Å². The van der Waals surface area contributed by atoms with Gasteiger partial charge in [0.15, 0.2) is 0 Å². The second-order valence-corrected chi connectivity index (χ2v) is 4.84. The first-order valence-corrected chi connectivity index (χ1v) is 6.74. The number of hydrogen-bond acceptors (Lipinski definition) is 3. The van der Waals surface area contributed by atoms with Crippen LogP contribution in [0.2, 0.25) is 0 Å². The highest BCUT2D eigenvalue weighted by molar-refractivity contribution is 5.83. The molecule has 5 nitrogen and oxygen atoms in total. The zero-order chi connectivity index (χ0) is 13.8. The van der Waals surface area contributed by atoms with E-state index in [-0.39, 0.29) is 24.7 Å². The summed E-state index contributed by atoms with van der Waals surface area (Å²) in [6.07, 6.45) is 2.65. The van der Waals surface area contributed by atoms with Gasteiger partial charge in [0.25, 0.3) is 0 Å². The van der Waals surface area contributed by atoms with Gasteiger partial charge in [0.2, 0.25) is 11.8 Å². The predicted molar refractivity (Wildman–Crippen MR) is 73.3 cm³/mol. The minimum absolute atomic E-state index is 0.0393. The van der Waals surface area contributed by atoms with Crippen molar-refractivity contribution in [1.82, 2.24) is 16.0 Å². The molecular weight excluding hydrogens is 230 g/mol. The lowest BCUT2D eigenvalue weighted by Crippen LogP contribution is -2.32. The quantitative estimate of drug-likeness (QED) is 0.503. The van der Waals surface area contributed by atoms with Crippen molar-refractivity contribution in [3.05, 3.63) is 0 Å². The Labute approximate surface area is 110 Å².